The Labute approximate surface area is 166 Å². The SMILES string of the molecule is CC(C)C(C)C(OP(=O)(OCc1ccccc1)OCc1ccccc1)C(=O)O. The molecule has 0 aliphatic carbocycles. The van der Waals surface area contributed by atoms with Crippen LogP contribution in [0.15, 0.2) is 60.7 Å². The number of hydrogen-bond acceptors (Lipinski definition) is 5. The molecule has 0 aromatic heterocycles. The number of hydrogen-bond donors (Lipinski definition) is 1. The van der Waals surface area contributed by atoms with E-state index in [1.165, 1.54) is 0 Å². The quantitative estimate of drug-likeness (QED) is 0.511. The maximum absolute atomic E-state index is 13.3. The summed E-state index contributed by atoms with van der Waals surface area (Å²) in [5, 5.41) is 9.57. The van der Waals surface area contributed by atoms with Gasteiger partial charge in [0.15, 0.2) is 6.10 Å². The van der Waals surface area contributed by atoms with E-state index in [1.54, 1.807) is 6.92 Å². The second kappa shape index (κ2) is 10.5. The van der Waals surface area contributed by atoms with Gasteiger partial charge in [0.1, 0.15) is 0 Å². The number of carboxylic acid groups (broad SMARTS) is 1. The third-order valence-corrected chi connectivity index (χ3v) is 5.86. The molecule has 0 saturated heterocycles. The minimum Gasteiger partial charge on any atom is -0.479 e. The van der Waals surface area contributed by atoms with E-state index >= 15 is 0 Å². The molecule has 0 saturated carbocycles. The zero-order valence-electron chi connectivity index (χ0n) is 16.4. The Morgan fingerprint density at radius 1 is 0.893 bits per heavy atom. The molecule has 28 heavy (non-hydrogen) atoms. The summed E-state index contributed by atoms with van der Waals surface area (Å²) in [6.07, 6.45) is -1.31. The molecule has 0 aliphatic rings. The highest BCUT2D eigenvalue weighted by Crippen LogP contribution is 2.53. The Morgan fingerprint density at radius 3 is 1.68 bits per heavy atom. The van der Waals surface area contributed by atoms with Crippen LogP contribution < -0.4 is 0 Å². The van der Waals surface area contributed by atoms with Gasteiger partial charge in [-0.2, -0.15) is 0 Å². The lowest BCUT2D eigenvalue weighted by Gasteiger charge is -2.27. The van der Waals surface area contributed by atoms with Crippen molar-refractivity contribution in [2.24, 2.45) is 11.8 Å². The van der Waals surface area contributed by atoms with Crippen LogP contribution in [-0.2, 0) is 36.1 Å². The Morgan fingerprint density at radius 2 is 1.32 bits per heavy atom. The van der Waals surface area contributed by atoms with Crippen LogP contribution in [0.4, 0.5) is 0 Å². The molecule has 0 bridgehead atoms. The largest absolute Gasteiger partial charge is 0.479 e. The van der Waals surface area contributed by atoms with Crippen LogP contribution in [0.5, 0.6) is 0 Å². The second-order valence-corrected chi connectivity index (χ2v) is 8.55. The molecule has 1 N–H and O–H groups in total. The van der Waals surface area contributed by atoms with Crippen molar-refractivity contribution in [3.8, 4) is 0 Å². The van der Waals surface area contributed by atoms with Gasteiger partial charge >= 0.3 is 13.8 Å². The number of rotatable bonds is 11. The number of phosphoric acid groups is 1. The van der Waals surface area contributed by atoms with Crippen LogP contribution in [-0.4, -0.2) is 17.2 Å². The lowest BCUT2D eigenvalue weighted by molar-refractivity contribution is -0.150. The third kappa shape index (κ3) is 6.88. The van der Waals surface area contributed by atoms with Gasteiger partial charge in [-0.1, -0.05) is 81.4 Å². The molecule has 0 radical (unpaired) electrons. The van der Waals surface area contributed by atoms with Crippen molar-refractivity contribution in [3.05, 3.63) is 71.8 Å². The average molecular weight is 406 g/mol. The van der Waals surface area contributed by atoms with Gasteiger partial charge in [-0.3, -0.25) is 13.6 Å². The molecule has 0 heterocycles. The predicted octanol–water partition coefficient (Wildman–Crippen LogP) is 5.29. The van der Waals surface area contributed by atoms with Crippen molar-refractivity contribution in [2.45, 2.75) is 40.1 Å². The summed E-state index contributed by atoms with van der Waals surface area (Å²) in [5.41, 5.74) is 1.55. The van der Waals surface area contributed by atoms with Crippen molar-refractivity contribution in [1.82, 2.24) is 0 Å². The summed E-state index contributed by atoms with van der Waals surface area (Å²) in [6, 6.07) is 18.3. The van der Waals surface area contributed by atoms with Gasteiger partial charge in [-0.15, -0.1) is 0 Å². The summed E-state index contributed by atoms with van der Waals surface area (Å²) in [6.45, 7) is 5.46. The fourth-order valence-electron chi connectivity index (χ4n) is 2.41. The first-order valence-electron chi connectivity index (χ1n) is 9.19. The third-order valence-electron chi connectivity index (χ3n) is 4.48. The summed E-state index contributed by atoms with van der Waals surface area (Å²) in [7, 11) is -4.13. The zero-order valence-corrected chi connectivity index (χ0v) is 17.2. The molecule has 2 rings (SSSR count). The molecule has 152 valence electrons. The molecule has 0 fully saturated rings. The van der Waals surface area contributed by atoms with Crippen molar-refractivity contribution >= 4 is 13.8 Å². The lowest BCUT2D eigenvalue weighted by Crippen LogP contribution is -2.33. The van der Waals surface area contributed by atoms with Gasteiger partial charge in [0.2, 0.25) is 0 Å². The molecule has 0 amide bonds. The average Bonchev–Trinajstić information content (AvgIpc) is 2.70. The van der Waals surface area contributed by atoms with E-state index in [0.29, 0.717) is 0 Å². The van der Waals surface area contributed by atoms with E-state index < -0.39 is 19.9 Å². The van der Waals surface area contributed by atoms with E-state index in [9.17, 15) is 14.5 Å². The highest BCUT2D eigenvalue weighted by atomic mass is 31.2. The Hall–Kier alpha value is -1.98. The second-order valence-electron chi connectivity index (χ2n) is 6.93. The molecule has 2 unspecified atom stereocenters. The van der Waals surface area contributed by atoms with Crippen LogP contribution >= 0.6 is 7.82 Å². The topological polar surface area (TPSA) is 82.1 Å². The maximum atomic E-state index is 13.3. The summed E-state index contributed by atoms with van der Waals surface area (Å²) in [4.78, 5) is 11.7. The standard InChI is InChI=1S/C21H27O6P/c1-16(2)17(3)20(21(22)23)27-28(24,25-14-18-10-6-4-7-11-18)26-15-19-12-8-5-9-13-19/h4-13,16-17,20H,14-15H2,1-3H3,(H,22,23). The first-order chi connectivity index (χ1) is 13.3. The molecule has 2 aromatic carbocycles. The smallest absolute Gasteiger partial charge is 0.476 e. The molecular weight excluding hydrogens is 379 g/mol. The molecule has 2 aromatic rings. The van der Waals surface area contributed by atoms with Gasteiger partial charge in [0.05, 0.1) is 13.2 Å². The Balaban J connectivity index is 2.17. The zero-order chi connectivity index (χ0) is 20.6. The van der Waals surface area contributed by atoms with Crippen molar-refractivity contribution in [2.75, 3.05) is 0 Å². The predicted molar refractivity (Wildman–Crippen MR) is 107 cm³/mol. The Kier molecular flexibility index (Phi) is 8.39. The highest BCUT2D eigenvalue weighted by Gasteiger charge is 2.38. The van der Waals surface area contributed by atoms with Crippen LogP contribution in [0.2, 0.25) is 0 Å². The van der Waals surface area contributed by atoms with Crippen LogP contribution in [0.1, 0.15) is 31.9 Å². The molecule has 7 heteroatoms. The van der Waals surface area contributed by atoms with Crippen molar-refractivity contribution in [1.29, 1.82) is 0 Å². The molecular formula is C21H27O6P. The molecule has 2 atom stereocenters. The fourth-order valence-corrected chi connectivity index (χ4v) is 3.78. The number of benzene rings is 2. The fraction of sp³-hybridized carbons (Fsp3) is 0.381. The van der Waals surface area contributed by atoms with Gasteiger partial charge in [-0.25, -0.2) is 9.36 Å². The summed E-state index contributed by atoms with van der Waals surface area (Å²) < 4.78 is 29.7. The maximum Gasteiger partial charge on any atom is 0.476 e. The van der Waals surface area contributed by atoms with Crippen LogP contribution in [0.25, 0.3) is 0 Å². The monoisotopic (exact) mass is 406 g/mol. The summed E-state index contributed by atoms with van der Waals surface area (Å²) >= 11 is 0. The summed E-state index contributed by atoms with van der Waals surface area (Å²) in [5.74, 6) is -1.57. The molecule has 0 aliphatic heterocycles. The first-order valence-corrected chi connectivity index (χ1v) is 10.6. The molecule has 6 nitrogen and oxygen atoms in total. The number of aliphatic carboxylic acids is 1. The number of phosphoric ester groups is 1. The van der Waals surface area contributed by atoms with E-state index in [-0.39, 0.29) is 25.0 Å². The van der Waals surface area contributed by atoms with Crippen LogP contribution in [0, 0.1) is 11.8 Å². The number of carbonyl (C=O) groups is 1. The minimum absolute atomic E-state index is 0.0118. The van der Waals surface area contributed by atoms with E-state index in [0.717, 1.165) is 11.1 Å². The first kappa shape index (κ1) is 22.3. The molecule has 0 spiro atoms. The van der Waals surface area contributed by atoms with Crippen molar-refractivity contribution < 1.29 is 28.0 Å². The van der Waals surface area contributed by atoms with E-state index in [2.05, 4.69) is 0 Å². The van der Waals surface area contributed by atoms with Gasteiger partial charge in [0, 0.05) is 0 Å². The van der Waals surface area contributed by atoms with Gasteiger partial charge in [0.25, 0.3) is 0 Å². The normalized spacial score (nSPS) is 14.0. The van der Waals surface area contributed by atoms with Crippen molar-refractivity contribution in [3.63, 3.8) is 0 Å². The van der Waals surface area contributed by atoms with Gasteiger partial charge in [-0.05, 0) is 23.0 Å². The van der Waals surface area contributed by atoms with Crippen LogP contribution in [0.3, 0.4) is 0 Å². The highest BCUT2D eigenvalue weighted by molar-refractivity contribution is 7.48. The Bertz CT molecular complexity index is 730. The minimum atomic E-state index is -4.13. The lowest BCUT2D eigenvalue weighted by atomic mass is 9.92. The van der Waals surface area contributed by atoms with Gasteiger partial charge < -0.3 is 5.11 Å². The number of carboxylic acids is 1. The van der Waals surface area contributed by atoms with E-state index in [1.807, 2.05) is 74.5 Å². The van der Waals surface area contributed by atoms with E-state index in [4.69, 9.17) is 13.6 Å².